The topological polar surface area (TPSA) is 48.7 Å². The van der Waals surface area contributed by atoms with Gasteiger partial charge in [0.25, 0.3) is 0 Å². The van der Waals surface area contributed by atoms with Gasteiger partial charge in [0.05, 0.1) is 6.07 Å². The Morgan fingerprint density at radius 3 is 2.67 bits per heavy atom. The number of hydrogen-bond acceptors (Lipinski definition) is 4. The highest BCUT2D eigenvalue weighted by Crippen LogP contribution is 2.22. The first-order valence-electron chi connectivity index (χ1n) is 6.45. The van der Waals surface area contributed by atoms with E-state index in [4.69, 9.17) is 0 Å². The SMILES string of the molecule is CCNC(C#N)(CC)CCCSc1ccncc1. The molecule has 0 radical (unpaired) electrons. The van der Waals surface area contributed by atoms with Crippen LogP contribution in [0.2, 0.25) is 0 Å². The fourth-order valence-corrected chi connectivity index (χ4v) is 2.74. The average molecular weight is 263 g/mol. The second kappa shape index (κ2) is 8.12. The van der Waals surface area contributed by atoms with Crippen LogP contribution in [0.5, 0.6) is 0 Å². The van der Waals surface area contributed by atoms with Crippen molar-refractivity contribution in [1.29, 1.82) is 5.26 Å². The summed E-state index contributed by atoms with van der Waals surface area (Å²) >= 11 is 1.82. The number of rotatable bonds is 8. The van der Waals surface area contributed by atoms with E-state index in [9.17, 15) is 5.26 Å². The summed E-state index contributed by atoms with van der Waals surface area (Å²) in [6, 6.07) is 6.47. The summed E-state index contributed by atoms with van der Waals surface area (Å²) in [5.41, 5.74) is -0.340. The molecule has 4 heteroatoms. The van der Waals surface area contributed by atoms with E-state index in [-0.39, 0.29) is 5.54 Å². The van der Waals surface area contributed by atoms with Gasteiger partial charge in [-0.15, -0.1) is 11.8 Å². The van der Waals surface area contributed by atoms with Crippen molar-refractivity contribution in [2.75, 3.05) is 12.3 Å². The second-order valence-corrected chi connectivity index (χ2v) is 5.38. The van der Waals surface area contributed by atoms with Crippen molar-refractivity contribution in [2.24, 2.45) is 0 Å². The van der Waals surface area contributed by atoms with Gasteiger partial charge < -0.3 is 0 Å². The normalized spacial score (nSPS) is 13.8. The third-order valence-electron chi connectivity index (χ3n) is 3.00. The number of pyridine rings is 1. The first kappa shape index (κ1) is 15.0. The first-order valence-corrected chi connectivity index (χ1v) is 7.44. The maximum Gasteiger partial charge on any atom is 0.106 e. The molecule has 0 aromatic carbocycles. The highest BCUT2D eigenvalue weighted by molar-refractivity contribution is 7.99. The van der Waals surface area contributed by atoms with Crippen LogP contribution in [0.3, 0.4) is 0 Å². The number of nitrogens with one attached hydrogen (secondary N) is 1. The summed E-state index contributed by atoms with van der Waals surface area (Å²) in [7, 11) is 0. The van der Waals surface area contributed by atoms with Gasteiger partial charge in [0.2, 0.25) is 0 Å². The van der Waals surface area contributed by atoms with Gasteiger partial charge in [-0.05, 0) is 43.7 Å². The van der Waals surface area contributed by atoms with Crippen LogP contribution < -0.4 is 5.32 Å². The lowest BCUT2D eigenvalue weighted by molar-refractivity contribution is 0.379. The summed E-state index contributed by atoms with van der Waals surface area (Å²) in [5, 5.41) is 12.6. The minimum absolute atomic E-state index is 0.340. The third kappa shape index (κ3) is 4.67. The van der Waals surface area contributed by atoms with E-state index >= 15 is 0 Å². The Kier molecular flexibility index (Phi) is 6.77. The number of thioether (sulfide) groups is 1. The smallest absolute Gasteiger partial charge is 0.106 e. The predicted octanol–water partition coefficient (Wildman–Crippen LogP) is 3.24. The molecule has 3 nitrogen and oxygen atoms in total. The molecule has 1 heterocycles. The number of nitriles is 1. The summed E-state index contributed by atoms with van der Waals surface area (Å²) in [5.74, 6) is 1.04. The number of hydrogen-bond donors (Lipinski definition) is 1. The van der Waals surface area contributed by atoms with E-state index in [1.54, 1.807) is 0 Å². The van der Waals surface area contributed by atoms with Crippen molar-refractivity contribution >= 4 is 11.8 Å². The molecule has 0 saturated carbocycles. The van der Waals surface area contributed by atoms with E-state index < -0.39 is 0 Å². The lowest BCUT2D eigenvalue weighted by Crippen LogP contribution is -2.43. The van der Waals surface area contributed by atoms with Crippen LogP contribution in [0.15, 0.2) is 29.4 Å². The Morgan fingerprint density at radius 2 is 2.11 bits per heavy atom. The fraction of sp³-hybridized carbons (Fsp3) is 0.571. The van der Waals surface area contributed by atoms with Gasteiger partial charge in [-0.25, -0.2) is 0 Å². The number of nitrogens with zero attached hydrogens (tertiary/aromatic N) is 2. The predicted molar refractivity (Wildman–Crippen MR) is 76.5 cm³/mol. The maximum absolute atomic E-state index is 9.30. The molecule has 18 heavy (non-hydrogen) atoms. The molecule has 0 aliphatic carbocycles. The largest absolute Gasteiger partial charge is 0.300 e. The van der Waals surface area contributed by atoms with Crippen molar-refractivity contribution in [3.63, 3.8) is 0 Å². The van der Waals surface area contributed by atoms with Crippen molar-refractivity contribution in [1.82, 2.24) is 10.3 Å². The molecule has 0 bridgehead atoms. The fourth-order valence-electron chi connectivity index (χ4n) is 1.90. The van der Waals surface area contributed by atoms with Gasteiger partial charge in [0.15, 0.2) is 0 Å². The Bertz CT molecular complexity index is 374. The van der Waals surface area contributed by atoms with Crippen LogP contribution in [0, 0.1) is 11.3 Å². The minimum Gasteiger partial charge on any atom is -0.300 e. The molecule has 0 aliphatic heterocycles. The zero-order chi connectivity index (χ0) is 13.3. The molecule has 1 aromatic rings. The molecule has 1 N–H and O–H groups in total. The van der Waals surface area contributed by atoms with Crippen LogP contribution in [-0.4, -0.2) is 22.8 Å². The highest BCUT2D eigenvalue weighted by atomic mass is 32.2. The lowest BCUT2D eigenvalue weighted by atomic mass is 9.92. The zero-order valence-electron chi connectivity index (χ0n) is 11.1. The van der Waals surface area contributed by atoms with Gasteiger partial charge in [-0.1, -0.05) is 13.8 Å². The van der Waals surface area contributed by atoms with Crippen molar-refractivity contribution in [3.8, 4) is 6.07 Å². The summed E-state index contributed by atoms with van der Waals surface area (Å²) in [6.07, 6.45) is 6.43. The third-order valence-corrected chi connectivity index (χ3v) is 4.10. The maximum atomic E-state index is 9.30. The Hall–Kier alpha value is -1.05. The molecule has 0 saturated heterocycles. The summed E-state index contributed by atoms with van der Waals surface area (Å²) < 4.78 is 0. The molecule has 0 amide bonds. The highest BCUT2D eigenvalue weighted by Gasteiger charge is 2.25. The molecule has 0 fully saturated rings. The standard InChI is InChI=1S/C14H21N3S/c1-3-14(12-15,17-4-2)8-5-11-18-13-6-9-16-10-7-13/h6-7,9-10,17H,3-5,8,11H2,1-2H3. The minimum atomic E-state index is -0.340. The molecule has 0 spiro atoms. The van der Waals surface area contributed by atoms with Gasteiger partial charge in [0, 0.05) is 17.3 Å². The molecular weight excluding hydrogens is 242 g/mol. The van der Waals surface area contributed by atoms with Gasteiger partial charge in [-0.3, -0.25) is 10.3 Å². The molecule has 1 aromatic heterocycles. The van der Waals surface area contributed by atoms with E-state index in [1.165, 1.54) is 4.90 Å². The molecule has 1 atom stereocenters. The van der Waals surface area contributed by atoms with Crippen LogP contribution in [0.4, 0.5) is 0 Å². The van der Waals surface area contributed by atoms with Gasteiger partial charge in [0.1, 0.15) is 5.54 Å². The van der Waals surface area contributed by atoms with Crippen LogP contribution in [0.25, 0.3) is 0 Å². The number of aromatic nitrogens is 1. The molecule has 1 rings (SSSR count). The van der Waals surface area contributed by atoms with Crippen molar-refractivity contribution in [2.45, 2.75) is 43.5 Å². The van der Waals surface area contributed by atoms with Crippen molar-refractivity contribution < 1.29 is 0 Å². The summed E-state index contributed by atoms with van der Waals surface area (Å²) in [6.45, 7) is 4.97. The van der Waals surface area contributed by atoms with E-state index in [0.29, 0.717) is 0 Å². The molecule has 1 unspecified atom stereocenters. The van der Waals surface area contributed by atoms with E-state index in [2.05, 4.69) is 23.3 Å². The van der Waals surface area contributed by atoms with E-state index in [1.807, 2.05) is 43.2 Å². The van der Waals surface area contributed by atoms with Gasteiger partial charge in [-0.2, -0.15) is 5.26 Å². The Balaban J connectivity index is 2.34. The van der Waals surface area contributed by atoms with E-state index in [0.717, 1.165) is 31.6 Å². The van der Waals surface area contributed by atoms with Crippen LogP contribution in [-0.2, 0) is 0 Å². The first-order chi connectivity index (χ1) is 8.76. The Morgan fingerprint density at radius 1 is 1.39 bits per heavy atom. The monoisotopic (exact) mass is 263 g/mol. The van der Waals surface area contributed by atoms with Crippen LogP contribution in [0.1, 0.15) is 33.1 Å². The second-order valence-electron chi connectivity index (χ2n) is 4.21. The Labute approximate surface area is 114 Å². The molecular formula is C14H21N3S. The quantitative estimate of drug-likeness (QED) is 0.578. The molecule has 98 valence electrons. The lowest BCUT2D eigenvalue weighted by Gasteiger charge is -2.25. The average Bonchev–Trinajstić information content (AvgIpc) is 2.43. The summed E-state index contributed by atoms with van der Waals surface area (Å²) in [4.78, 5) is 5.24. The zero-order valence-corrected chi connectivity index (χ0v) is 12.0. The van der Waals surface area contributed by atoms with Crippen LogP contribution >= 0.6 is 11.8 Å². The van der Waals surface area contributed by atoms with Gasteiger partial charge >= 0.3 is 0 Å². The van der Waals surface area contributed by atoms with Crippen molar-refractivity contribution in [3.05, 3.63) is 24.5 Å². The molecule has 0 aliphatic rings.